The van der Waals surface area contributed by atoms with E-state index in [0.717, 1.165) is 24.0 Å². The maximum atomic E-state index is 14.3. The van der Waals surface area contributed by atoms with E-state index in [0.29, 0.717) is 0 Å². The van der Waals surface area contributed by atoms with Crippen molar-refractivity contribution in [3.8, 4) is 0 Å². The third-order valence-electron chi connectivity index (χ3n) is 4.56. The van der Waals surface area contributed by atoms with Gasteiger partial charge in [-0.25, -0.2) is 4.39 Å². The molecule has 1 unspecified atom stereocenters. The number of rotatable bonds is 9. The summed E-state index contributed by atoms with van der Waals surface area (Å²) < 4.78 is 24.0. The second kappa shape index (κ2) is 10.9. The minimum absolute atomic E-state index is 0.0116. The maximum Gasteiger partial charge on any atom is 0.306 e. The number of halogens is 1. The van der Waals surface area contributed by atoms with Crippen LogP contribution in [-0.4, -0.2) is 95.1 Å². The molecular formula is C18H24FN3O9. The first kappa shape index (κ1) is 24.4. The standard InChI is InChI=1S/C18H24FN3O9/c1-9(23)21-16-17(28)15(19)10(31-18(16)29)8-30-14(27)5-2-11(24)20-6-7-22-12(25)3-4-13(22)26/h3-4,10,15-18,28-29H,2,5-8H2,1H3,(H,20,24)(H,21,23)/t10-,15-,16-,17+,18?/m1/s1. The summed E-state index contributed by atoms with van der Waals surface area (Å²) in [4.78, 5) is 58.2. The second-order valence-corrected chi connectivity index (χ2v) is 6.92. The van der Waals surface area contributed by atoms with Crippen LogP contribution >= 0.6 is 0 Å². The van der Waals surface area contributed by atoms with Crippen LogP contribution in [0.5, 0.6) is 0 Å². The molecule has 4 N–H and O–H groups in total. The summed E-state index contributed by atoms with van der Waals surface area (Å²) >= 11 is 0. The number of aliphatic hydroxyl groups is 2. The molecule has 2 heterocycles. The SMILES string of the molecule is CC(=O)N[C@H]1C(O)O[C@H](COC(=O)CCC(=O)NCCN2C(=O)C=CC2=O)[C@@H](F)[C@@H]1O. The van der Waals surface area contributed by atoms with E-state index in [9.17, 15) is 38.6 Å². The lowest BCUT2D eigenvalue weighted by Gasteiger charge is -2.39. The highest BCUT2D eigenvalue weighted by Gasteiger charge is 2.46. The van der Waals surface area contributed by atoms with E-state index >= 15 is 0 Å². The summed E-state index contributed by atoms with van der Waals surface area (Å²) in [5, 5.41) is 24.3. The minimum Gasteiger partial charge on any atom is -0.463 e. The zero-order valence-electron chi connectivity index (χ0n) is 16.7. The summed E-state index contributed by atoms with van der Waals surface area (Å²) in [7, 11) is 0. The number of ether oxygens (including phenoxy) is 2. The van der Waals surface area contributed by atoms with Crippen molar-refractivity contribution >= 4 is 29.6 Å². The number of nitrogens with one attached hydrogen (secondary N) is 2. The number of hydrogen-bond donors (Lipinski definition) is 4. The summed E-state index contributed by atoms with van der Waals surface area (Å²) in [5.41, 5.74) is 0. The molecule has 1 saturated heterocycles. The Morgan fingerprint density at radius 1 is 1.19 bits per heavy atom. The highest BCUT2D eigenvalue weighted by Crippen LogP contribution is 2.23. The van der Waals surface area contributed by atoms with Gasteiger partial charge < -0.3 is 30.3 Å². The van der Waals surface area contributed by atoms with Crippen molar-refractivity contribution in [2.45, 2.75) is 50.5 Å². The van der Waals surface area contributed by atoms with Gasteiger partial charge in [-0.2, -0.15) is 0 Å². The topological polar surface area (TPSA) is 172 Å². The normalized spacial score (nSPS) is 27.9. The third kappa shape index (κ3) is 6.80. The van der Waals surface area contributed by atoms with Crippen LogP contribution in [0.1, 0.15) is 19.8 Å². The molecule has 0 radical (unpaired) electrons. The van der Waals surface area contributed by atoms with Crippen molar-refractivity contribution in [1.29, 1.82) is 0 Å². The molecule has 2 rings (SSSR count). The number of nitrogens with zero attached hydrogens (tertiary/aromatic N) is 1. The van der Waals surface area contributed by atoms with Crippen LogP contribution in [-0.2, 0) is 33.4 Å². The Labute approximate surface area is 176 Å². The smallest absolute Gasteiger partial charge is 0.306 e. The zero-order chi connectivity index (χ0) is 23.1. The van der Waals surface area contributed by atoms with Gasteiger partial charge in [0.15, 0.2) is 12.5 Å². The van der Waals surface area contributed by atoms with Gasteiger partial charge in [0.1, 0.15) is 24.9 Å². The molecular weight excluding hydrogens is 421 g/mol. The van der Waals surface area contributed by atoms with E-state index in [4.69, 9.17) is 9.47 Å². The van der Waals surface area contributed by atoms with Crippen molar-refractivity contribution < 1.29 is 48.0 Å². The molecule has 0 aromatic heterocycles. The van der Waals surface area contributed by atoms with Crippen molar-refractivity contribution in [1.82, 2.24) is 15.5 Å². The lowest BCUT2D eigenvalue weighted by Crippen LogP contribution is -2.62. The zero-order valence-corrected chi connectivity index (χ0v) is 16.7. The monoisotopic (exact) mass is 445 g/mol. The maximum absolute atomic E-state index is 14.3. The molecule has 172 valence electrons. The Balaban J connectivity index is 1.66. The molecule has 13 heteroatoms. The number of alkyl halides is 1. The molecule has 0 bridgehead atoms. The predicted molar refractivity (Wildman–Crippen MR) is 98.5 cm³/mol. The number of imide groups is 1. The van der Waals surface area contributed by atoms with Gasteiger partial charge in [0.05, 0.1) is 6.42 Å². The lowest BCUT2D eigenvalue weighted by molar-refractivity contribution is -0.242. The van der Waals surface area contributed by atoms with Crippen molar-refractivity contribution in [2.24, 2.45) is 0 Å². The quantitative estimate of drug-likeness (QED) is 0.217. The second-order valence-electron chi connectivity index (χ2n) is 6.92. The van der Waals surface area contributed by atoms with Gasteiger partial charge in [0.25, 0.3) is 11.8 Å². The fraction of sp³-hybridized carbons (Fsp3) is 0.611. The van der Waals surface area contributed by atoms with Crippen LogP contribution in [0.3, 0.4) is 0 Å². The first-order valence-electron chi connectivity index (χ1n) is 9.48. The van der Waals surface area contributed by atoms with E-state index in [-0.39, 0.29) is 25.9 Å². The van der Waals surface area contributed by atoms with E-state index in [1.54, 1.807) is 0 Å². The van der Waals surface area contributed by atoms with Crippen molar-refractivity contribution in [3.05, 3.63) is 12.2 Å². The molecule has 4 amide bonds. The van der Waals surface area contributed by atoms with E-state index in [1.165, 1.54) is 0 Å². The molecule has 2 aliphatic heterocycles. The molecule has 12 nitrogen and oxygen atoms in total. The van der Waals surface area contributed by atoms with E-state index < -0.39 is 66.9 Å². The number of carbonyl (C=O) groups is 5. The highest BCUT2D eigenvalue weighted by molar-refractivity contribution is 6.12. The van der Waals surface area contributed by atoms with Crippen molar-refractivity contribution in [3.63, 3.8) is 0 Å². The Bertz CT molecular complexity index is 742. The summed E-state index contributed by atoms with van der Waals surface area (Å²) in [6.07, 6.45) is -5.32. The Morgan fingerprint density at radius 3 is 2.45 bits per heavy atom. The molecule has 0 saturated carbocycles. The molecule has 2 aliphatic rings. The number of amides is 4. The number of aliphatic hydroxyl groups excluding tert-OH is 2. The first-order chi connectivity index (χ1) is 14.6. The summed E-state index contributed by atoms with van der Waals surface area (Å²) in [5.74, 6) is -2.91. The lowest BCUT2D eigenvalue weighted by atomic mass is 9.98. The largest absolute Gasteiger partial charge is 0.463 e. The van der Waals surface area contributed by atoms with Gasteiger partial charge in [0.2, 0.25) is 11.8 Å². The predicted octanol–water partition coefficient (Wildman–Crippen LogP) is -2.73. The fourth-order valence-corrected chi connectivity index (χ4v) is 2.96. The summed E-state index contributed by atoms with van der Waals surface area (Å²) in [6, 6.07) is -1.37. The van der Waals surface area contributed by atoms with Gasteiger partial charge in [-0.3, -0.25) is 28.9 Å². The van der Waals surface area contributed by atoms with E-state index in [1.807, 2.05) is 0 Å². The Morgan fingerprint density at radius 2 is 1.84 bits per heavy atom. The van der Waals surface area contributed by atoms with E-state index in [2.05, 4.69) is 10.6 Å². The Hall–Kier alpha value is -2.90. The van der Waals surface area contributed by atoms with Gasteiger partial charge in [-0.1, -0.05) is 0 Å². The number of esters is 1. The third-order valence-corrected chi connectivity index (χ3v) is 4.56. The fourth-order valence-electron chi connectivity index (χ4n) is 2.96. The van der Waals surface area contributed by atoms with Crippen LogP contribution in [0.25, 0.3) is 0 Å². The van der Waals surface area contributed by atoms with Crippen LogP contribution in [0, 0.1) is 0 Å². The number of carbonyl (C=O) groups excluding carboxylic acids is 5. The molecule has 5 atom stereocenters. The molecule has 0 aliphatic carbocycles. The van der Waals surface area contributed by atoms with Gasteiger partial charge >= 0.3 is 5.97 Å². The van der Waals surface area contributed by atoms with Crippen molar-refractivity contribution in [2.75, 3.05) is 19.7 Å². The van der Waals surface area contributed by atoms with Crippen LogP contribution in [0.4, 0.5) is 4.39 Å². The summed E-state index contributed by atoms with van der Waals surface area (Å²) in [6.45, 7) is 0.508. The number of hydrogen-bond acceptors (Lipinski definition) is 9. The van der Waals surface area contributed by atoms with Crippen LogP contribution in [0.2, 0.25) is 0 Å². The molecule has 0 aromatic carbocycles. The van der Waals surface area contributed by atoms with Gasteiger partial charge in [0, 0.05) is 38.6 Å². The average Bonchev–Trinajstić information content (AvgIpc) is 3.03. The molecule has 31 heavy (non-hydrogen) atoms. The molecule has 1 fully saturated rings. The molecule has 0 spiro atoms. The molecule has 0 aromatic rings. The highest BCUT2D eigenvalue weighted by atomic mass is 19.1. The van der Waals surface area contributed by atoms with Crippen LogP contribution in [0.15, 0.2) is 12.2 Å². The van der Waals surface area contributed by atoms with Gasteiger partial charge in [-0.05, 0) is 0 Å². The van der Waals surface area contributed by atoms with Gasteiger partial charge in [-0.15, -0.1) is 0 Å². The first-order valence-corrected chi connectivity index (χ1v) is 9.48. The Kier molecular flexibility index (Phi) is 8.59. The minimum atomic E-state index is -2.04. The van der Waals surface area contributed by atoms with Crippen LogP contribution < -0.4 is 10.6 Å². The average molecular weight is 445 g/mol.